The maximum Gasteiger partial charge on any atom is 0.204 e. The van der Waals surface area contributed by atoms with E-state index in [1.807, 2.05) is 0 Å². The Kier molecular flexibility index (Phi) is 8.64. The highest BCUT2D eigenvalue weighted by molar-refractivity contribution is 8.01. The summed E-state index contributed by atoms with van der Waals surface area (Å²) in [5.74, 6) is 1.86. The molecule has 0 unspecified atom stereocenters. The molecule has 1 aliphatic heterocycles. The van der Waals surface area contributed by atoms with E-state index < -0.39 is 0 Å². The van der Waals surface area contributed by atoms with Crippen molar-refractivity contribution < 1.29 is 14.6 Å². The number of aliphatic hydroxyl groups is 1. The fourth-order valence-corrected chi connectivity index (χ4v) is 6.00. The average Bonchev–Trinajstić information content (AvgIpc) is 3.67. The first-order valence-corrected chi connectivity index (χ1v) is 13.1. The number of hydrogen-bond donors (Lipinski definition) is 3. The van der Waals surface area contributed by atoms with Gasteiger partial charge in [-0.25, -0.2) is 9.97 Å². The van der Waals surface area contributed by atoms with Crippen LogP contribution in [0, 0.1) is 0 Å². The largest absolute Gasteiger partial charge is 0.396 e. The van der Waals surface area contributed by atoms with E-state index in [2.05, 4.69) is 58.0 Å². The van der Waals surface area contributed by atoms with E-state index in [0.717, 1.165) is 67.4 Å². The van der Waals surface area contributed by atoms with Crippen LogP contribution in [0.3, 0.4) is 0 Å². The molecule has 184 valence electrons. The third kappa shape index (κ3) is 6.20. The normalized spacial score (nSPS) is 18.9. The van der Waals surface area contributed by atoms with Crippen molar-refractivity contribution in [2.75, 3.05) is 49.7 Å². The SMILES string of the molecule is NC=O.OCCCNc1ccc(-c2nc(N3CCOCC3)cc(C3(SC4CC4)CCC3)n2)cc1. The first-order valence-electron chi connectivity index (χ1n) is 12.2. The van der Waals surface area contributed by atoms with Gasteiger partial charge in [0.1, 0.15) is 5.82 Å². The Hall–Kier alpha value is -2.36. The lowest BCUT2D eigenvalue weighted by Gasteiger charge is -2.41. The van der Waals surface area contributed by atoms with Gasteiger partial charge in [0.05, 0.1) is 23.7 Å². The number of nitrogens with zero attached hydrogens (tertiary/aromatic N) is 3. The van der Waals surface area contributed by atoms with Gasteiger partial charge in [-0.05, 0) is 62.8 Å². The van der Waals surface area contributed by atoms with Crippen molar-refractivity contribution in [2.45, 2.75) is 48.5 Å². The zero-order chi connectivity index (χ0) is 23.8. The lowest BCUT2D eigenvalue weighted by Crippen LogP contribution is -2.38. The summed E-state index contributed by atoms with van der Waals surface area (Å²) in [4.78, 5) is 21.1. The predicted octanol–water partition coefficient (Wildman–Crippen LogP) is 3.15. The number of rotatable bonds is 9. The number of aromatic nitrogens is 2. The van der Waals surface area contributed by atoms with Crippen LogP contribution in [0.4, 0.5) is 11.5 Å². The van der Waals surface area contributed by atoms with Crippen LogP contribution in [0.25, 0.3) is 11.4 Å². The molecule has 0 spiro atoms. The maximum absolute atomic E-state index is 8.98. The minimum Gasteiger partial charge on any atom is -0.396 e. The first-order chi connectivity index (χ1) is 16.7. The van der Waals surface area contributed by atoms with Gasteiger partial charge in [-0.2, -0.15) is 0 Å². The number of carbonyl (C=O) groups excluding carboxylic acids is 1. The Morgan fingerprint density at radius 3 is 2.50 bits per heavy atom. The summed E-state index contributed by atoms with van der Waals surface area (Å²) >= 11 is 2.16. The highest BCUT2D eigenvalue weighted by atomic mass is 32.2. The standard InChI is InChI=1S/C24H32N4O2S.CH3NO/c29-14-2-11-25-19-5-3-18(4-6-19)23-26-21(24(9-1-10-24)31-20-7-8-20)17-22(27-23)28-12-15-30-16-13-28;2-1-3/h3-6,17,20,25,29H,1-2,7-16H2;1H,(H2,2,3). The second-order valence-corrected chi connectivity index (χ2v) is 10.6. The number of anilines is 2. The molecular formula is C25H35N5O3S. The third-order valence-electron chi connectivity index (χ3n) is 6.40. The summed E-state index contributed by atoms with van der Waals surface area (Å²) in [6, 6.07) is 10.6. The van der Waals surface area contributed by atoms with Crippen LogP contribution < -0.4 is 16.0 Å². The number of carbonyl (C=O) groups is 1. The monoisotopic (exact) mass is 485 g/mol. The fourth-order valence-electron chi connectivity index (χ4n) is 4.24. The van der Waals surface area contributed by atoms with Crippen molar-refractivity contribution >= 4 is 29.7 Å². The van der Waals surface area contributed by atoms with Crippen LogP contribution >= 0.6 is 11.8 Å². The number of amides is 1. The van der Waals surface area contributed by atoms with E-state index in [9.17, 15) is 0 Å². The molecule has 4 N–H and O–H groups in total. The van der Waals surface area contributed by atoms with Gasteiger partial charge >= 0.3 is 0 Å². The second kappa shape index (κ2) is 11.9. The molecule has 0 bridgehead atoms. The van der Waals surface area contributed by atoms with Crippen molar-refractivity contribution in [3.63, 3.8) is 0 Å². The van der Waals surface area contributed by atoms with Gasteiger partial charge in [-0.1, -0.05) is 0 Å². The molecule has 1 aromatic heterocycles. The summed E-state index contributed by atoms with van der Waals surface area (Å²) < 4.78 is 5.74. The summed E-state index contributed by atoms with van der Waals surface area (Å²) in [6.45, 7) is 4.25. The molecular weight excluding hydrogens is 450 g/mol. The van der Waals surface area contributed by atoms with Crippen LogP contribution in [-0.4, -0.2) is 66.2 Å². The molecule has 3 fully saturated rings. The molecule has 2 aromatic rings. The number of morpholine rings is 1. The summed E-state index contributed by atoms with van der Waals surface area (Å²) in [5, 5.41) is 13.1. The molecule has 2 saturated carbocycles. The molecule has 1 aromatic carbocycles. The number of thioether (sulfide) groups is 1. The number of aliphatic hydroxyl groups excluding tert-OH is 1. The Bertz CT molecular complexity index is 929. The molecule has 5 rings (SSSR count). The van der Waals surface area contributed by atoms with E-state index in [-0.39, 0.29) is 17.8 Å². The Labute approximate surface area is 205 Å². The van der Waals surface area contributed by atoms with E-state index in [1.165, 1.54) is 37.8 Å². The molecule has 9 heteroatoms. The highest BCUT2D eigenvalue weighted by Gasteiger charge is 2.45. The summed E-state index contributed by atoms with van der Waals surface area (Å²) in [5.41, 5.74) is 7.49. The van der Waals surface area contributed by atoms with E-state index in [1.54, 1.807) is 0 Å². The van der Waals surface area contributed by atoms with Crippen LogP contribution in [0.2, 0.25) is 0 Å². The van der Waals surface area contributed by atoms with Crippen LogP contribution in [0.5, 0.6) is 0 Å². The quantitative estimate of drug-likeness (QED) is 0.367. The number of nitrogens with two attached hydrogens (primary N) is 1. The van der Waals surface area contributed by atoms with Gasteiger partial charge in [-0.15, -0.1) is 11.8 Å². The summed E-state index contributed by atoms with van der Waals surface area (Å²) in [6.07, 6.45) is 7.44. The maximum atomic E-state index is 8.98. The molecule has 0 radical (unpaired) electrons. The number of nitrogens with one attached hydrogen (secondary N) is 1. The zero-order valence-corrected chi connectivity index (χ0v) is 20.4. The van der Waals surface area contributed by atoms with Crippen molar-refractivity contribution in [2.24, 2.45) is 5.73 Å². The van der Waals surface area contributed by atoms with Gasteiger partial charge in [0, 0.05) is 48.8 Å². The van der Waals surface area contributed by atoms with Gasteiger partial charge in [0.25, 0.3) is 0 Å². The smallest absolute Gasteiger partial charge is 0.204 e. The van der Waals surface area contributed by atoms with Crippen molar-refractivity contribution in [3.8, 4) is 11.4 Å². The van der Waals surface area contributed by atoms with Gasteiger partial charge in [0.15, 0.2) is 5.82 Å². The van der Waals surface area contributed by atoms with Gasteiger partial charge < -0.3 is 25.8 Å². The predicted molar refractivity (Wildman–Crippen MR) is 137 cm³/mol. The number of benzene rings is 1. The molecule has 2 heterocycles. The minimum absolute atomic E-state index is 0.172. The number of hydrogen-bond acceptors (Lipinski definition) is 8. The molecule has 8 nitrogen and oxygen atoms in total. The van der Waals surface area contributed by atoms with Crippen molar-refractivity contribution in [1.82, 2.24) is 9.97 Å². The van der Waals surface area contributed by atoms with Crippen LogP contribution in [0.1, 0.15) is 44.2 Å². The first kappa shape index (κ1) is 24.8. The Morgan fingerprint density at radius 2 is 1.91 bits per heavy atom. The Morgan fingerprint density at radius 1 is 1.21 bits per heavy atom. The van der Waals surface area contributed by atoms with E-state index in [4.69, 9.17) is 24.6 Å². The fraction of sp³-hybridized carbons (Fsp3) is 0.560. The second-order valence-electron chi connectivity index (χ2n) is 8.92. The molecule has 1 amide bonds. The zero-order valence-electron chi connectivity index (χ0n) is 19.6. The lowest BCUT2D eigenvalue weighted by molar-refractivity contribution is -0.106. The molecule has 34 heavy (non-hydrogen) atoms. The van der Waals surface area contributed by atoms with Crippen LogP contribution in [0.15, 0.2) is 30.3 Å². The van der Waals surface area contributed by atoms with E-state index in [0.29, 0.717) is 0 Å². The number of ether oxygens (including phenoxy) is 1. The molecule has 2 aliphatic carbocycles. The minimum atomic E-state index is 0.172. The van der Waals surface area contributed by atoms with Crippen molar-refractivity contribution in [3.05, 3.63) is 36.0 Å². The van der Waals surface area contributed by atoms with Crippen LogP contribution in [-0.2, 0) is 14.3 Å². The number of primary amides is 1. The molecule has 1 saturated heterocycles. The van der Waals surface area contributed by atoms with Crippen molar-refractivity contribution in [1.29, 1.82) is 0 Å². The van der Waals surface area contributed by atoms with Gasteiger partial charge in [0.2, 0.25) is 6.41 Å². The highest BCUT2D eigenvalue weighted by Crippen LogP contribution is 2.57. The van der Waals surface area contributed by atoms with Gasteiger partial charge in [-0.3, -0.25) is 4.79 Å². The third-order valence-corrected chi connectivity index (χ3v) is 8.27. The lowest BCUT2D eigenvalue weighted by atomic mass is 9.81. The van der Waals surface area contributed by atoms with E-state index >= 15 is 0 Å². The topological polar surface area (TPSA) is 114 Å². The molecule has 0 atom stereocenters. The summed E-state index contributed by atoms with van der Waals surface area (Å²) in [7, 11) is 0. The Balaban J connectivity index is 0.000000868. The molecule has 3 aliphatic rings. The average molecular weight is 486 g/mol.